The van der Waals surface area contributed by atoms with Crippen LogP contribution in [0.3, 0.4) is 0 Å². The first-order valence-electron chi connectivity index (χ1n) is 17.3. The molecule has 0 spiro atoms. The molecular formula is C40H42N6O6. The lowest BCUT2D eigenvalue weighted by Crippen LogP contribution is -2.58. The molecule has 0 radical (unpaired) electrons. The largest absolute Gasteiger partial charge is 0.467 e. The molecule has 2 aliphatic rings. The van der Waals surface area contributed by atoms with Gasteiger partial charge in [0, 0.05) is 23.8 Å². The summed E-state index contributed by atoms with van der Waals surface area (Å²) >= 11 is 0. The van der Waals surface area contributed by atoms with Crippen LogP contribution in [0.25, 0.3) is 32.3 Å². The maximum Gasteiger partial charge on any atom is 0.407 e. The molecule has 2 N–H and O–H groups in total. The van der Waals surface area contributed by atoms with Gasteiger partial charge in [-0.15, -0.1) is 0 Å². The topological polar surface area (TPSA) is 163 Å². The van der Waals surface area contributed by atoms with Gasteiger partial charge < -0.3 is 25.0 Å². The Kier molecular flexibility index (Phi) is 10.5. The normalized spacial score (nSPS) is 17.7. The van der Waals surface area contributed by atoms with Gasteiger partial charge in [-0.3, -0.25) is 9.59 Å². The number of nitrogens with zero attached hydrogens (tertiary/aromatic N) is 4. The maximum absolute atomic E-state index is 14.3. The SMILES string of the molecule is COC(=O)[C@H](Cc1ccc2ccccc2c1)NC(=O)[C@@H]1C[C@H](N=[N+]=[N-])CN1C(=O)[C@@H](NC(=O)OCC1c2ccccc2-c2ccccc21)C(C)(C)C. The highest BCUT2D eigenvalue weighted by Crippen LogP contribution is 2.44. The van der Waals surface area contributed by atoms with E-state index >= 15 is 0 Å². The van der Waals surface area contributed by atoms with Crippen molar-refractivity contribution in [1.29, 1.82) is 0 Å². The minimum Gasteiger partial charge on any atom is -0.467 e. The lowest BCUT2D eigenvalue weighted by Gasteiger charge is -2.35. The van der Waals surface area contributed by atoms with Crippen molar-refractivity contribution in [3.8, 4) is 11.1 Å². The molecule has 0 aromatic heterocycles. The Labute approximate surface area is 302 Å². The number of alkyl carbamates (subject to hydrolysis) is 1. The van der Waals surface area contributed by atoms with E-state index in [1.54, 1.807) is 20.8 Å². The Bertz CT molecular complexity index is 2010. The van der Waals surface area contributed by atoms with Crippen LogP contribution in [0.4, 0.5) is 4.79 Å². The van der Waals surface area contributed by atoms with E-state index < -0.39 is 53.5 Å². The van der Waals surface area contributed by atoms with Gasteiger partial charge in [0.05, 0.1) is 13.2 Å². The first-order chi connectivity index (χ1) is 25.0. The number of esters is 1. The van der Waals surface area contributed by atoms with Crippen molar-refractivity contribution in [3.63, 3.8) is 0 Å². The third-order valence-corrected chi connectivity index (χ3v) is 9.85. The number of carbonyl (C=O) groups excluding carboxylic acids is 4. The minimum absolute atomic E-state index is 0.0350. The maximum atomic E-state index is 14.3. The van der Waals surface area contributed by atoms with Crippen LogP contribution in [0.15, 0.2) is 96.1 Å². The zero-order valence-corrected chi connectivity index (χ0v) is 29.6. The molecule has 6 rings (SSSR count). The number of benzene rings is 4. The molecule has 4 aromatic rings. The number of rotatable bonds is 10. The third-order valence-electron chi connectivity index (χ3n) is 9.85. The van der Waals surface area contributed by atoms with E-state index in [-0.39, 0.29) is 31.9 Å². The zero-order valence-electron chi connectivity index (χ0n) is 29.6. The Morgan fingerprint density at radius 1 is 0.904 bits per heavy atom. The standard InChI is InChI=1S/C40H42N6O6/c1-40(2,3)35(43-39(50)52-23-32-30-15-9-7-13-28(30)29-14-8-10-16-31(29)32)37(48)46-22-27(44-45-41)21-34(46)36(47)42-33(38(49)51-4)20-24-17-18-25-11-5-6-12-26(25)19-24/h5-19,27,32-35H,20-23H2,1-4H3,(H,42,47)(H,43,50)/t27-,33-,34-,35+/m0/s1. The number of amides is 3. The fourth-order valence-electron chi connectivity index (χ4n) is 7.24. The summed E-state index contributed by atoms with van der Waals surface area (Å²) in [5.41, 5.74) is 13.5. The molecule has 1 aliphatic carbocycles. The number of hydrogen-bond donors (Lipinski definition) is 2. The van der Waals surface area contributed by atoms with Crippen molar-refractivity contribution in [1.82, 2.24) is 15.5 Å². The molecule has 1 saturated heterocycles. The van der Waals surface area contributed by atoms with Gasteiger partial charge in [0.2, 0.25) is 11.8 Å². The fourth-order valence-corrected chi connectivity index (χ4v) is 7.24. The van der Waals surface area contributed by atoms with Crippen molar-refractivity contribution in [2.24, 2.45) is 10.5 Å². The van der Waals surface area contributed by atoms with E-state index in [0.29, 0.717) is 0 Å². The molecule has 3 amide bonds. The fraction of sp³-hybridized carbons (Fsp3) is 0.350. The highest BCUT2D eigenvalue weighted by Gasteiger charge is 2.45. The summed E-state index contributed by atoms with van der Waals surface area (Å²) in [7, 11) is 1.24. The van der Waals surface area contributed by atoms with Crippen LogP contribution >= 0.6 is 0 Å². The molecule has 4 atom stereocenters. The van der Waals surface area contributed by atoms with Crippen LogP contribution in [0.1, 0.15) is 49.8 Å². The Morgan fingerprint density at radius 2 is 1.54 bits per heavy atom. The molecule has 268 valence electrons. The second kappa shape index (κ2) is 15.2. The van der Waals surface area contributed by atoms with E-state index in [1.807, 2.05) is 91.0 Å². The number of hydrogen-bond acceptors (Lipinski definition) is 7. The van der Waals surface area contributed by atoms with Crippen molar-refractivity contribution < 1.29 is 28.7 Å². The Balaban J connectivity index is 1.18. The Morgan fingerprint density at radius 3 is 2.17 bits per heavy atom. The summed E-state index contributed by atoms with van der Waals surface area (Å²) in [6.45, 7) is 5.41. The van der Waals surface area contributed by atoms with Crippen molar-refractivity contribution >= 4 is 34.6 Å². The molecule has 52 heavy (non-hydrogen) atoms. The van der Waals surface area contributed by atoms with E-state index in [1.165, 1.54) is 12.0 Å². The second-order valence-electron chi connectivity index (χ2n) is 14.3. The van der Waals surface area contributed by atoms with Crippen LogP contribution in [0.2, 0.25) is 0 Å². The van der Waals surface area contributed by atoms with Gasteiger partial charge in [-0.1, -0.05) is 117 Å². The average Bonchev–Trinajstić information content (AvgIpc) is 3.71. The van der Waals surface area contributed by atoms with Crippen LogP contribution in [0, 0.1) is 5.41 Å². The van der Waals surface area contributed by atoms with E-state index in [0.717, 1.165) is 38.6 Å². The number of fused-ring (bicyclic) bond motifs is 4. The van der Waals surface area contributed by atoms with E-state index in [9.17, 15) is 24.7 Å². The zero-order chi connectivity index (χ0) is 37.0. The van der Waals surface area contributed by atoms with Gasteiger partial charge in [-0.25, -0.2) is 9.59 Å². The van der Waals surface area contributed by atoms with E-state index in [2.05, 4.69) is 20.7 Å². The Hall–Kier alpha value is -5.87. The molecule has 12 nitrogen and oxygen atoms in total. The molecule has 0 unspecified atom stereocenters. The number of ether oxygens (including phenoxy) is 2. The number of nitrogens with one attached hydrogen (secondary N) is 2. The monoisotopic (exact) mass is 702 g/mol. The molecule has 4 aromatic carbocycles. The number of carbonyl (C=O) groups is 4. The first kappa shape index (κ1) is 35.9. The highest BCUT2D eigenvalue weighted by atomic mass is 16.5. The van der Waals surface area contributed by atoms with Gasteiger partial charge in [0.1, 0.15) is 24.7 Å². The van der Waals surface area contributed by atoms with Crippen LogP contribution in [-0.4, -0.2) is 73.2 Å². The lowest BCUT2D eigenvalue weighted by atomic mass is 9.85. The average molecular weight is 703 g/mol. The van der Waals surface area contributed by atoms with Gasteiger partial charge in [0.15, 0.2) is 0 Å². The van der Waals surface area contributed by atoms with Gasteiger partial charge in [-0.2, -0.15) is 0 Å². The van der Waals surface area contributed by atoms with Crippen molar-refractivity contribution in [2.75, 3.05) is 20.3 Å². The van der Waals surface area contributed by atoms with Gasteiger partial charge in [-0.05, 0) is 56.0 Å². The molecule has 1 aliphatic heterocycles. The van der Waals surface area contributed by atoms with Crippen molar-refractivity contribution in [2.45, 2.75) is 63.7 Å². The second-order valence-corrected chi connectivity index (χ2v) is 14.3. The molecule has 12 heteroatoms. The molecular weight excluding hydrogens is 660 g/mol. The van der Waals surface area contributed by atoms with Gasteiger partial charge in [0.25, 0.3) is 0 Å². The molecule has 0 bridgehead atoms. The predicted molar refractivity (Wildman–Crippen MR) is 196 cm³/mol. The highest BCUT2D eigenvalue weighted by molar-refractivity contribution is 5.94. The lowest BCUT2D eigenvalue weighted by molar-refractivity contribution is -0.147. The summed E-state index contributed by atoms with van der Waals surface area (Å²) in [5, 5.41) is 11.4. The summed E-state index contributed by atoms with van der Waals surface area (Å²) in [6.07, 6.45) is -0.589. The van der Waals surface area contributed by atoms with Gasteiger partial charge >= 0.3 is 12.1 Å². The summed E-state index contributed by atoms with van der Waals surface area (Å²) in [6, 6.07) is 25.7. The quantitative estimate of drug-likeness (QED) is 0.0856. The summed E-state index contributed by atoms with van der Waals surface area (Å²) in [5.74, 6) is -1.96. The third kappa shape index (κ3) is 7.57. The first-order valence-corrected chi connectivity index (χ1v) is 17.3. The number of methoxy groups -OCH3 is 1. The number of azide groups is 1. The van der Waals surface area contributed by atoms with Crippen LogP contribution in [-0.2, 0) is 30.3 Å². The molecule has 1 fully saturated rings. The minimum atomic E-state index is -1.10. The molecule has 1 heterocycles. The smallest absolute Gasteiger partial charge is 0.407 e. The molecule has 0 saturated carbocycles. The van der Waals surface area contributed by atoms with E-state index in [4.69, 9.17) is 9.47 Å². The van der Waals surface area contributed by atoms with Crippen LogP contribution in [0.5, 0.6) is 0 Å². The number of likely N-dealkylation sites (tertiary alicyclic amines) is 1. The predicted octanol–water partition coefficient (Wildman–Crippen LogP) is 6.27. The summed E-state index contributed by atoms with van der Waals surface area (Å²) < 4.78 is 10.8. The van der Waals surface area contributed by atoms with Crippen LogP contribution < -0.4 is 10.6 Å². The summed E-state index contributed by atoms with van der Waals surface area (Å²) in [4.78, 5) is 58.8. The van der Waals surface area contributed by atoms with Crippen molar-refractivity contribution in [3.05, 3.63) is 118 Å².